The number of hydrogen-bond acceptors (Lipinski definition) is 2. The maximum atomic E-state index is 12.2. The van der Waals surface area contributed by atoms with E-state index in [0.29, 0.717) is 5.56 Å². The molecule has 20 heavy (non-hydrogen) atoms. The molecule has 0 aliphatic heterocycles. The number of halogens is 1. The van der Waals surface area contributed by atoms with Crippen molar-refractivity contribution < 1.29 is 8.42 Å². The molecule has 0 aliphatic carbocycles. The third-order valence-electron chi connectivity index (χ3n) is 2.67. The van der Waals surface area contributed by atoms with E-state index in [4.69, 9.17) is 11.8 Å². The molecule has 0 fully saturated rings. The van der Waals surface area contributed by atoms with E-state index in [1.165, 1.54) is 12.1 Å². The average molecular weight is 309 g/mol. The van der Waals surface area contributed by atoms with E-state index >= 15 is 0 Å². The van der Waals surface area contributed by atoms with Gasteiger partial charge in [0.05, 0.1) is 4.90 Å². The zero-order chi connectivity index (χ0) is 14.6. The fourth-order valence-electron chi connectivity index (χ4n) is 1.60. The van der Waals surface area contributed by atoms with Crippen LogP contribution in [0.25, 0.3) is 0 Å². The predicted octanol–water partition coefficient (Wildman–Crippen LogP) is 2.87. The van der Waals surface area contributed by atoms with Crippen molar-refractivity contribution in [1.82, 2.24) is 4.84 Å². The largest absolute Gasteiger partial charge is 0.284 e. The van der Waals surface area contributed by atoms with E-state index in [1.54, 1.807) is 36.4 Å². The van der Waals surface area contributed by atoms with E-state index in [0.717, 1.165) is 5.56 Å². The lowest BCUT2D eigenvalue weighted by molar-refractivity contribution is 0.598. The van der Waals surface area contributed by atoms with E-state index in [1.807, 2.05) is 13.0 Å². The Balaban J connectivity index is 2.43. The molecule has 0 saturated carbocycles. The van der Waals surface area contributed by atoms with Crippen LogP contribution in [0.5, 0.6) is 0 Å². The number of amidine groups is 1. The molecule has 0 aromatic heterocycles. The zero-order valence-electron chi connectivity index (χ0n) is 10.7. The normalized spacial score (nSPS) is 12.2. The average Bonchev–Trinajstić information content (AvgIpc) is 2.46. The van der Waals surface area contributed by atoms with Crippen molar-refractivity contribution in [3.05, 3.63) is 65.7 Å². The number of benzene rings is 2. The Hall–Kier alpha value is -1.85. The second-order valence-corrected chi connectivity index (χ2v) is 5.98. The van der Waals surface area contributed by atoms with Crippen molar-refractivity contribution in [1.29, 1.82) is 0 Å². The predicted molar refractivity (Wildman–Crippen MR) is 80.3 cm³/mol. The summed E-state index contributed by atoms with van der Waals surface area (Å²) in [5.74, 6) is 0.0906. The van der Waals surface area contributed by atoms with Crippen LogP contribution in [-0.4, -0.2) is 14.3 Å². The first-order valence-corrected chi connectivity index (χ1v) is 7.68. The maximum absolute atomic E-state index is 12.2. The summed E-state index contributed by atoms with van der Waals surface area (Å²) < 4.78 is 28.1. The number of rotatable bonds is 3. The number of aryl methyl sites for hydroxylation is 1. The molecule has 0 heterocycles. The molecular weight excluding hydrogens is 296 g/mol. The van der Waals surface area contributed by atoms with Gasteiger partial charge in [0, 0.05) is 17.3 Å². The van der Waals surface area contributed by atoms with Gasteiger partial charge in [0.2, 0.25) is 0 Å². The second kappa shape index (κ2) is 6.07. The van der Waals surface area contributed by atoms with Gasteiger partial charge in [-0.25, -0.2) is 0 Å². The molecule has 0 aliphatic rings. The minimum absolute atomic E-state index is 0.0906. The minimum Gasteiger partial charge on any atom is -0.281 e. The van der Waals surface area contributed by atoms with Crippen LogP contribution in [0.2, 0.25) is 0 Å². The molecule has 2 rings (SSSR count). The van der Waals surface area contributed by atoms with Crippen molar-refractivity contribution in [3.63, 3.8) is 0 Å². The quantitative estimate of drug-likeness (QED) is 0.539. The lowest BCUT2D eigenvalue weighted by Crippen LogP contribution is -2.17. The van der Waals surface area contributed by atoms with Crippen molar-refractivity contribution >= 4 is 27.6 Å². The Morgan fingerprint density at radius 3 is 2.20 bits per heavy atom. The van der Waals surface area contributed by atoms with Crippen molar-refractivity contribution in [2.24, 2.45) is 4.40 Å². The van der Waals surface area contributed by atoms with Gasteiger partial charge in [0.25, 0.3) is 10.0 Å². The third-order valence-corrected chi connectivity index (χ3v) is 4.14. The molecule has 2 aromatic rings. The van der Waals surface area contributed by atoms with Gasteiger partial charge >= 0.3 is 0 Å². The standard InChI is InChI=1S/C14H13ClN2O2S/c1-11-7-9-13(10-8-11)20(18,19)17-14(16-15)12-5-3-2-4-6-12/h2-10H,1H3,(H,16,17). The molecule has 0 bridgehead atoms. The summed E-state index contributed by atoms with van der Waals surface area (Å²) >= 11 is 5.58. The first-order chi connectivity index (χ1) is 9.53. The highest BCUT2D eigenvalue weighted by molar-refractivity contribution is 7.90. The van der Waals surface area contributed by atoms with Crippen LogP contribution >= 0.6 is 11.8 Å². The highest BCUT2D eigenvalue weighted by Crippen LogP contribution is 2.14. The monoisotopic (exact) mass is 308 g/mol. The molecule has 0 amide bonds. The molecule has 0 unspecified atom stereocenters. The summed E-state index contributed by atoms with van der Waals surface area (Å²) in [4.78, 5) is 2.43. The molecule has 0 atom stereocenters. The van der Waals surface area contributed by atoms with Gasteiger partial charge in [0.15, 0.2) is 5.84 Å². The number of sulfonamides is 1. The summed E-state index contributed by atoms with van der Waals surface area (Å²) in [6, 6.07) is 15.3. The molecule has 6 heteroatoms. The SMILES string of the molecule is Cc1ccc(S(=O)(=O)/N=C(\NCl)c2ccccc2)cc1. The third kappa shape index (κ3) is 3.37. The van der Waals surface area contributed by atoms with Crippen LogP contribution in [0.3, 0.4) is 0 Å². The van der Waals surface area contributed by atoms with Gasteiger partial charge in [-0.3, -0.25) is 4.84 Å². The van der Waals surface area contributed by atoms with Crippen LogP contribution in [0.15, 0.2) is 63.9 Å². The minimum atomic E-state index is -3.80. The van der Waals surface area contributed by atoms with Crippen molar-refractivity contribution in [2.75, 3.05) is 0 Å². The van der Waals surface area contributed by atoms with E-state index in [-0.39, 0.29) is 10.7 Å². The van der Waals surface area contributed by atoms with Gasteiger partial charge in [0.1, 0.15) is 0 Å². The summed E-state index contributed by atoms with van der Waals surface area (Å²) in [7, 11) is -3.80. The fraction of sp³-hybridized carbons (Fsp3) is 0.0714. The van der Waals surface area contributed by atoms with E-state index < -0.39 is 10.0 Å². The molecule has 1 N–H and O–H groups in total. The first-order valence-electron chi connectivity index (χ1n) is 5.86. The van der Waals surface area contributed by atoms with Crippen LogP contribution < -0.4 is 4.84 Å². The molecule has 0 spiro atoms. The topological polar surface area (TPSA) is 58.5 Å². The number of nitrogens with zero attached hydrogens (tertiary/aromatic N) is 1. The van der Waals surface area contributed by atoms with Gasteiger partial charge in [-0.2, -0.15) is 8.42 Å². The second-order valence-electron chi connectivity index (χ2n) is 4.19. The van der Waals surface area contributed by atoms with Crippen LogP contribution in [0.4, 0.5) is 0 Å². The van der Waals surface area contributed by atoms with E-state index in [9.17, 15) is 8.42 Å². The number of nitrogens with one attached hydrogen (secondary N) is 1. The lowest BCUT2D eigenvalue weighted by atomic mass is 10.2. The Morgan fingerprint density at radius 2 is 1.65 bits per heavy atom. The van der Waals surface area contributed by atoms with E-state index in [2.05, 4.69) is 9.23 Å². The van der Waals surface area contributed by atoms with Gasteiger partial charge in [-0.05, 0) is 19.1 Å². The Kier molecular flexibility index (Phi) is 4.42. The summed E-state index contributed by atoms with van der Waals surface area (Å²) in [6.07, 6.45) is 0. The smallest absolute Gasteiger partial charge is 0.281 e. The van der Waals surface area contributed by atoms with Gasteiger partial charge in [-0.1, -0.05) is 48.0 Å². The van der Waals surface area contributed by atoms with Crippen molar-refractivity contribution in [3.8, 4) is 0 Å². The van der Waals surface area contributed by atoms with Crippen LogP contribution in [0.1, 0.15) is 11.1 Å². The number of hydrogen-bond donors (Lipinski definition) is 1. The Bertz CT molecular complexity index is 711. The molecular formula is C14H13ClN2O2S. The Morgan fingerprint density at radius 1 is 1.05 bits per heavy atom. The summed E-state index contributed by atoms with van der Waals surface area (Å²) in [6.45, 7) is 1.88. The zero-order valence-corrected chi connectivity index (χ0v) is 12.3. The summed E-state index contributed by atoms with van der Waals surface area (Å²) in [5, 5.41) is 0. The highest BCUT2D eigenvalue weighted by atomic mass is 35.5. The van der Waals surface area contributed by atoms with Gasteiger partial charge < -0.3 is 0 Å². The van der Waals surface area contributed by atoms with Gasteiger partial charge in [-0.15, -0.1) is 4.40 Å². The molecule has 2 aromatic carbocycles. The lowest BCUT2D eigenvalue weighted by Gasteiger charge is -2.05. The van der Waals surface area contributed by atoms with Crippen LogP contribution in [0, 0.1) is 6.92 Å². The Labute approximate surface area is 123 Å². The van der Waals surface area contributed by atoms with Crippen molar-refractivity contribution in [2.45, 2.75) is 11.8 Å². The first kappa shape index (κ1) is 14.6. The fourth-order valence-corrected chi connectivity index (χ4v) is 2.78. The molecule has 4 nitrogen and oxygen atoms in total. The molecule has 0 radical (unpaired) electrons. The molecule has 0 saturated heterocycles. The highest BCUT2D eigenvalue weighted by Gasteiger charge is 2.14. The maximum Gasteiger partial charge on any atom is 0.284 e. The summed E-state index contributed by atoms with van der Waals surface area (Å²) in [5.41, 5.74) is 1.57. The molecule has 104 valence electrons. The van der Waals surface area contributed by atoms with Crippen LogP contribution in [-0.2, 0) is 10.0 Å².